The monoisotopic (exact) mass is 393 g/mol. The molecule has 0 bridgehead atoms. The van der Waals surface area contributed by atoms with Crippen LogP contribution in [-0.2, 0) is 4.79 Å². The normalized spacial score (nSPS) is 14.9. The first-order valence-corrected chi connectivity index (χ1v) is 9.51. The number of rotatable bonds is 6. The van der Waals surface area contributed by atoms with Crippen LogP contribution in [0.15, 0.2) is 42.5 Å². The van der Waals surface area contributed by atoms with E-state index in [0.29, 0.717) is 30.2 Å². The molecule has 7 nitrogen and oxygen atoms in total. The van der Waals surface area contributed by atoms with Gasteiger partial charge in [-0.25, -0.2) is 14.8 Å². The highest BCUT2D eigenvalue weighted by molar-refractivity contribution is 5.91. The van der Waals surface area contributed by atoms with Crippen molar-refractivity contribution >= 4 is 28.4 Å². The maximum atomic E-state index is 11.7. The van der Waals surface area contributed by atoms with Gasteiger partial charge in [0.05, 0.1) is 12.6 Å². The first-order valence-electron chi connectivity index (χ1n) is 9.51. The molecule has 3 aromatic rings. The van der Waals surface area contributed by atoms with Gasteiger partial charge in [0.2, 0.25) is 5.60 Å². The van der Waals surface area contributed by atoms with Crippen molar-refractivity contribution in [3.8, 4) is 11.5 Å². The van der Waals surface area contributed by atoms with Gasteiger partial charge in [-0.2, -0.15) is 0 Å². The van der Waals surface area contributed by atoms with E-state index in [0.717, 1.165) is 28.8 Å². The zero-order valence-corrected chi connectivity index (χ0v) is 16.7. The van der Waals surface area contributed by atoms with Gasteiger partial charge in [-0.3, -0.25) is 0 Å². The molecule has 0 atom stereocenters. The topological polar surface area (TPSA) is 84.8 Å². The second kappa shape index (κ2) is 7.24. The Bertz CT molecular complexity index is 1080. The predicted octanol–water partition coefficient (Wildman–Crippen LogP) is 4.10. The number of methoxy groups -OCH3 is 1. The van der Waals surface area contributed by atoms with Gasteiger partial charge in [-0.1, -0.05) is 12.1 Å². The van der Waals surface area contributed by atoms with Crippen molar-refractivity contribution in [3.05, 3.63) is 48.3 Å². The maximum absolute atomic E-state index is 11.7. The lowest BCUT2D eigenvalue weighted by molar-refractivity contribution is -0.163. The molecule has 7 heteroatoms. The van der Waals surface area contributed by atoms with E-state index >= 15 is 0 Å². The van der Waals surface area contributed by atoms with Crippen LogP contribution in [0, 0.1) is 6.92 Å². The fourth-order valence-electron chi connectivity index (χ4n) is 3.57. The highest BCUT2D eigenvalue weighted by Crippen LogP contribution is 2.42. The Morgan fingerprint density at radius 3 is 2.55 bits per heavy atom. The van der Waals surface area contributed by atoms with Crippen LogP contribution in [-0.4, -0.2) is 40.8 Å². The van der Waals surface area contributed by atoms with Crippen molar-refractivity contribution in [2.45, 2.75) is 31.8 Å². The van der Waals surface area contributed by atoms with E-state index in [1.54, 1.807) is 19.2 Å². The van der Waals surface area contributed by atoms with E-state index < -0.39 is 11.6 Å². The summed E-state index contributed by atoms with van der Waals surface area (Å²) >= 11 is 0. The number of hydrogen-bond acceptors (Lipinski definition) is 6. The number of benzene rings is 2. The molecule has 1 aliphatic carbocycles. The van der Waals surface area contributed by atoms with Crippen LogP contribution in [0.5, 0.6) is 11.5 Å². The number of carbonyl (C=O) groups is 1. The highest BCUT2D eigenvalue weighted by atomic mass is 16.5. The molecule has 0 spiro atoms. The summed E-state index contributed by atoms with van der Waals surface area (Å²) in [7, 11) is 3.46. The number of carboxylic acid groups (broad SMARTS) is 1. The van der Waals surface area contributed by atoms with Gasteiger partial charge in [0.15, 0.2) is 11.5 Å². The van der Waals surface area contributed by atoms with Gasteiger partial charge in [0.1, 0.15) is 11.6 Å². The lowest BCUT2D eigenvalue weighted by atomic mass is 9.80. The minimum absolute atomic E-state index is 0.411. The Hall–Kier alpha value is -3.35. The van der Waals surface area contributed by atoms with Crippen LogP contribution in [0.4, 0.5) is 11.5 Å². The van der Waals surface area contributed by atoms with Crippen molar-refractivity contribution in [1.29, 1.82) is 0 Å². The first kappa shape index (κ1) is 19.0. The predicted molar refractivity (Wildman–Crippen MR) is 110 cm³/mol. The zero-order chi connectivity index (χ0) is 20.6. The van der Waals surface area contributed by atoms with Crippen LogP contribution >= 0.6 is 0 Å². The van der Waals surface area contributed by atoms with Crippen molar-refractivity contribution in [3.63, 3.8) is 0 Å². The minimum atomic E-state index is -1.18. The largest absolute Gasteiger partial charge is 0.493 e. The van der Waals surface area contributed by atoms with Crippen LogP contribution in [0.2, 0.25) is 0 Å². The first-order chi connectivity index (χ1) is 13.9. The average Bonchev–Trinajstić information content (AvgIpc) is 2.69. The molecule has 1 aromatic heterocycles. The van der Waals surface area contributed by atoms with Gasteiger partial charge < -0.3 is 19.5 Å². The summed E-state index contributed by atoms with van der Waals surface area (Å²) in [4.78, 5) is 22.8. The third-order valence-electron chi connectivity index (χ3n) is 5.40. The van der Waals surface area contributed by atoms with Gasteiger partial charge in [-0.15, -0.1) is 0 Å². The van der Waals surface area contributed by atoms with Crippen molar-refractivity contribution in [2.75, 3.05) is 19.1 Å². The summed E-state index contributed by atoms with van der Waals surface area (Å²) < 4.78 is 11.4. The number of aromatic nitrogens is 2. The quantitative estimate of drug-likeness (QED) is 0.675. The lowest BCUT2D eigenvalue weighted by Crippen LogP contribution is -2.50. The fourth-order valence-corrected chi connectivity index (χ4v) is 3.57. The van der Waals surface area contributed by atoms with Gasteiger partial charge in [0.25, 0.3) is 0 Å². The third-order valence-corrected chi connectivity index (χ3v) is 5.40. The van der Waals surface area contributed by atoms with E-state index in [9.17, 15) is 9.90 Å². The van der Waals surface area contributed by atoms with Gasteiger partial charge in [0, 0.05) is 24.2 Å². The second-order valence-corrected chi connectivity index (χ2v) is 7.26. The van der Waals surface area contributed by atoms with Gasteiger partial charge >= 0.3 is 5.97 Å². The molecule has 0 amide bonds. The molecule has 1 fully saturated rings. The second-order valence-electron chi connectivity index (χ2n) is 7.26. The molecule has 1 saturated carbocycles. The van der Waals surface area contributed by atoms with Crippen LogP contribution in [0.3, 0.4) is 0 Å². The summed E-state index contributed by atoms with van der Waals surface area (Å²) in [6, 6.07) is 13.3. The van der Waals surface area contributed by atoms with E-state index in [2.05, 4.69) is 9.97 Å². The standard InChI is InChI=1S/C22H23N3O4/c1-14-23-17-8-5-4-7-16(17)20(24-14)25(2)15-9-10-18(28-3)19(13-15)29-22(21(26)27)11-6-12-22/h4-5,7-10,13H,6,11-12H2,1-3H3,(H,26,27). The minimum Gasteiger partial charge on any atom is -0.493 e. The Labute approximate surface area is 168 Å². The van der Waals surface area contributed by atoms with Crippen LogP contribution in [0.1, 0.15) is 25.1 Å². The molecule has 29 heavy (non-hydrogen) atoms. The molecule has 2 aromatic carbocycles. The van der Waals surface area contributed by atoms with E-state index in [4.69, 9.17) is 9.47 Å². The molecule has 150 valence electrons. The number of nitrogens with zero attached hydrogens (tertiary/aromatic N) is 3. The van der Waals surface area contributed by atoms with E-state index in [-0.39, 0.29) is 0 Å². The summed E-state index contributed by atoms with van der Waals surface area (Å²) in [6.45, 7) is 1.86. The molecule has 0 aliphatic heterocycles. The summed E-state index contributed by atoms with van der Waals surface area (Å²) in [5.41, 5.74) is 0.498. The molecule has 0 unspecified atom stereocenters. The molecular weight excluding hydrogens is 370 g/mol. The van der Waals surface area contributed by atoms with Crippen LogP contribution < -0.4 is 14.4 Å². The number of hydrogen-bond donors (Lipinski definition) is 1. The third kappa shape index (κ3) is 3.33. The fraction of sp³-hybridized carbons (Fsp3) is 0.318. The number of fused-ring (bicyclic) bond motifs is 1. The van der Waals surface area contributed by atoms with Gasteiger partial charge in [-0.05, 0) is 50.5 Å². The number of aliphatic carboxylic acids is 1. The maximum Gasteiger partial charge on any atom is 0.348 e. The Morgan fingerprint density at radius 1 is 1.14 bits per heavy atom. The number of carboxylic acids is 1. The van der Waals surface area contributed by atoms with Crippen LogP contribution in [0.25, 0.3) is 10.9 Å². The smallest absolute Gasteiger partial charge is 0.348 e. The molecule has 0 saturated heterocycles. The lowest BCUT2D eigenvalue weighted by Gasteiger charge is -2.38. The van der Waals surface area contributed by atoms with Crippen molar-refractivity contribution in [1.82, 2.24) is 9.97 Å². The number of ether oxygens (including phenoxy) is 2. The summed E-state index contributed by atoms with van der Waals surface area (Å²) in [5.74, 6) is 1.41. The Morgan fingerprint density at radius 2 is 1.90 bits per heavy atom. The number of para-hydroxylation sites is 1. The molecule has 1 heterocycles. The Kier molecular flexibility index (Phi) is 4.74. The average molecular weight is 393 g/mol. The molecule has 0 radical (unpaired) electrons. The number of aryl methyl sites for hydroxylation is 1. The van der Waals surface area contributed by atoms with E-state index in [1.807, 2.05) is 49.2 Å². The number of anilines is 2. The summed E-state index contributed by atoms with van der Waals surface area (Å²) in [5, 5.41) is 10.6. The van der Waals surface area contributed by atoms with Crippen molar-refractivity contribution < 1.29 is 19.4 Å². The molecule has 1 aliphatic rings. The molecule has 4 rings (SSSR count). The molecular formula is C22H23N3O4. The summed E-state index contributed by atoms with van der Waals surface area (Å²) in [6.07, 6.45) is 1.81. The van der Waals surface area contributed by atoms with E-state index in [1.165, 1.54) is 0 Å². The SMILES string of the molecule is COc1ccc(N(C)c2nc(C)nc3ccccc23)cc1OC1(C(=O)O)CCC1. The van der Waals surface area contributed by atoms with Crippen molar-refractivity contribution in [2.24, 2.45) is 0 Å². The Balaban J connectivity index is 1.75. The molecule has 1 N–H and O–H groups in total. The zero-order valence-electron chi connectivity index (χ0n) is 16.7. The highest BCUT2D eigenvalue weighted by Gasteiger charge is 2.47.